The number of amides is 1. The number of thiazole rings is 1. The van der Waals surface area contributed by atoms with Gasteiger partial charge in [-0.2, -0.15) is 0 Å². The molecule has 1 N–H and O–H groups in total. The number of hydrogen-bond acceptors (Lipinski definition) is 6. The molecule has 2 heterocycles. The molecule has 10 heteroatoms. The van der Waals surface area contributed by atoms with Crippen LogP contribution in [0.15, 0.2) is 53.0 Å². The van der Waals surface area contributed by atoms with Crippen molar-refractivity contribution >= 4 is 43.8 Å². The minimum absolute atomic E-state index is 0.0452. The number of nitrogens with one attached hydrogen (secondary N) is 1. The van der Waals surface area contributed by atoms with Crippen molar-refractivity contribution in [2.75, 3.05) is 5.32 Å². The molecule has 178 valence electrons. The molecule has 0 aliphatic heterocycles. The number of aromatic nitrogens is 2. The summed E-state index contributed by atoms with van der Waals surface area (Å²) in [5.74, 6) is -1.32. The number of carbonyl (C=O) groups excluding carboxylic acids is 1. The van der Waals surface area contributed by atoms with E-state index in [0.29, 0.717) is 23.0 Å². The zero-order chi connectivity index (χ0) is 23.9. The second-order valence-corrected chi connectivity index (χ2v) is 12.2. The molecule has 2 saturated carbocycles. The topological polar surface area (TPSA) is 89.0 Å². The Morgan fingerprint density at radius 2 is 2.03 bits per heavy atom. The number of rotatable bonds is 7. The molecule has 0 saturated heterocycles. The van der Waals surface area contributed by atoms with Crippen molar-refractivity contribution in [2.24, 2.45) is 11.8 Å². The van der Waals surface area contributed by atoms with E-state index in [4.69, 9.17) is 11.6 Å². The number of hydrogen-bond donors (Lipinski definition) is 1. The third-order valence-corrected chi connectivity index (χ3v) is 9.72. The van der Waals surface area contributed by atoms with Crippen LogP contribution in [0.3, 0.4) is 0 Å². The van der Waals surface area contributed by atoms with Gasteiger partial charge < -0.3 is 5.32 Å². The van der Waals surface area contributed by atoms with E-state index in [0.717, 1.165) is 25.7 Å². The molecule has 1 amide bonds. The molecule has 0 spiro atoms. The average molecular weight is 520 g/mol. The van der Waals surface area contributed by atoms with Gasteiger partial charge in [0.05, 0.1) is 11.2 Å². The number of halogens is 2. The maximum absolute atomic E-state index is 16.0. The quantitative estimate of drug-likeness (QED) is 0.452. The van der Waals surface area contributed by atoms with Crippen molar-refractivity contribution in [3.8, 4) is 0 Å². The molecule has 0 bridgehead atoms. The van der Waals surface area contributed by atoms with E-state index in [1.54, 1.807) is 29.8 Å². The monoisotopic (exact) mass is 519 g/mol. The van der Waals surface area contributed by atoms with Crippen molar-refractivity contribution in [2.45, 2.75) is 48.2 Å². The molecule has 5 rings (SSSR count). The molecule has 2 aromatic heterocycles. The standard InChI is InChI=1S/C24H23ClFN3O3S2/c25-20-13-33-23(28-20)29-22(30)24(11-18(24)16-6-1-2-7-16)17-8-3-9-19(21(17)26)34(31,32)14-15-5-4-10-27-12-15/h3-5,8-10,12-13,16,18H,1-2,6-7,11,14H2,(H,28,29,30)/t18-,24-/m0/s1. The van der Waals surface area contributed by atoms with Gasteiger partial charge in [-0.3, -0.25) is 9.78 Å². The van der Waals surface area contributed by atoms with Crippen LogP contribution in [-0.2, 0) is 25.8 Å². The molecular formula is C24H23ClFN3O3S2. The van der Waals surface area contributed by atoms with Crippen molar-refractivity contribution in [3.63, 3.8) is 0 Å². The largest absolute Gasteiger partial charge is 0.301 e. The summed E-state index contributed by atoms with van der Waals surface area (Å²) < 4.78 is 42.2. The van der Waals surface area contributed by atoms with Gasteiger partial charge in [-0.05, 0) is 36.0 Å². The fourth-order valence-corrected chi connectivity index (χ4v) is 7.57. The summed E-state index contributed by atoms with van der Waals surface area (Å²) in [5.41, 5.74) is -0.524. The van der Waals surface area contributed by atoms with Crippen LogP contribution in [0.1, 0.15) is 43.2 Å². The maximum atomic E-state index is 16.0. The van der Waals surface area contributed by atoms with Gasteiger partial charge in [0.2, 0.25) is 5.91 Å². The average Bonchev–Trinajstić information content (AvgIpc) is 3.11. The Balaban J connectivity index is 1.53. The third-order valence-electron chi connectivity index (χ3n) is 6.94. The first-order valence-corrected chi connectivity index (χ1v) is 14.1. The lowest BCUT2D eigenvalue weighted by molar-refractivity contribution is -0.119. The Bertz CT molecular complexity index is 1330. The van der Waals surface area contributed by atoms with Crippen LogP contribution in [0.4, 0.5) is 9.52 Å². The van der Waals surface area contributed by atoms with Crippen LogP contribution in [-0.4, -0.2) is 24.3 Å². The molecule has 2 fully saturated rings. The zero-order valence-electron chi connectivity index (χ0n) is 18.2. The highest BCUT2D eigenvalue weighted by molar-refractivity contribution is 7.90. The Kier molecular flexibility index (Phi) is 6.20. The first kappa shape index (κ1) is 23.4. The van der Waals surface area contributed by atoms with Crippen LogP contribution in [0.5, 0.6) is 0 Å². The van der Waals surface area contributed by atoms with Crippen LogP contribution < -0.4 is 5.32 Å². The number of pyridine rings is 1. The fraction of sp³-hybridized carbons (Fsp3) is 0.375. The van der Waals surface area contributed by atoms with Crippen molar-refractivity contribution in [3.05, 3.63) is 70.2 Å². The van der Waals surface area contributed by atoms with Crippen molar-refractivity contribution in [1.29, 1.82) is 0 Å². The van der Waals surface area contributed by atoms with Crippen molar-refractivity contribution < 1.29 is 17.6 Å². The summed E-state index contributed by atoms with van der Waals surface area (Å²) in [7, 11) is -3.99. The Labute approximate surface area is 206 Å². The van der Waals surface area contributed by atoms with Crippen LogP contribution in [0, 0.1) is 17.7 Å². The number of carbonyl (C=O) groups is 1. The summed E-state index contributed by atoms with van der Waals surface area (Å²) in [6.07, 6.45) is 7.63. The Morgan fingerprint density at radius 1 is 1.24 bits per heavy atom. The van der Waals surface area contributed by atoms with Gasteiger partial charge in [0.25, 0.3) is 0 Å². The lowest BCUT2D eigenvalue weighted by atomic mass is 9.86. The van der Waals surface area contributed by atoms with Gasteiger partial charge in [-0.15, -0.1) is 11.3 Å². The predicted molar refractivity (Wildman–Crippen MR) is 129 cm³/mol. The van der Waals surface area contributed by atoms with Crippen molar-refractivity contribution in [1.82, 2.24) is 9.97 Å². The summed E-state index contributed by atoms with van der Waals surface area (Å²) in [6, 6.07) is 7.61. The first-order valence-electron chi connectivity index (χ1n) is 11.1. The summed E-state index contributed by atoms with van der Waals surface area (Å²) in [5, 5.41) is 5.02. The number of anilines is 1. The van der Waals surface area contributed by atoms with Gasteiger partial charge >= 0.3 is 0 Å². The first-order chi connectivity index (χ1) is 16.3. The highest BCUT2D eigenvalue weighted by Gasteiger charge is 2.64. The zero-order valence-corrected chi connectivity index (χ0v) is 20.6. The summed E-state index contributed by atoms with van der Waals surface area (Å²) >= 11 is 7.10. The number of benzene rings is 1. The smallest absolute Gasteiger partial charge is 0.237 e. The van der Waals surface area contributed by atoms with E-state index in [1.807, 2.05) is 0 Å². The number of nitrogens with zero attached hydrogens (tertiary/aromatic N) is 2. The molecule has 34 heavy (non-hydrogen) atoms. The highest BCUT2D eigenvalue weighted by atomic mass is 35.5. The molecule has 3 aromatic rings. The fourth-order valence-electron chi connectivity index (χ4n) is 5.31. The minimum Gasteiger partial charge on any atom is -0.301 e. The van der Waals surface area contributed by atoms with Crippen LogP contribution in [0.2, 0.25) is 5.15 Å². The molecule has 0 radical (unpaired) electrons. The molecule has 2 aliphatic rings. The van der Waals surface area contributed by atoms with E-state index in [-0.39, 0.29) is 28.3 Å². The second kappa shape index (κ2) is 9.02. The SMILES string of the molecule is O=C(Nc1nc(Cl)cs1)[C@]1(c2cccc(S(=O)(=O)Cc3cccnc3)c2F)C[C@H]1C1CCCC1. The number of sulfone groups is 1. The minimum atomic E-state index is -3.99. The molecule has 2 atom stereocenters. The van der Waals surface area contributed by atoms with Gasteiger partial charge in [-0.1, -0.05) is 55.5 Å². The lowest BCUT2D eigenvalue weighted by Crippen LogP contribution is -2.32. The van der Waals surface area contributed by atoms with Gasteiger partial charge in [0.1, 0.15) is 15.9 Å². The molecule has 6 nitrogen and oxygen atoms in total. The normalized spacial score (nSPS) is 22.6. The maximum Gasteiger partial charge on any atom is 0.237 e. The van der Waals surface area contributed by atoms with E-state index < -0.39 is 26.0 Å². The van der Waals surface area contributed by atoms with E-state index in [1.165, 1.54) is 29.7 Å². The van der Waals surface area contributed by atoms with Crippen LogP contribution in [0.25, 0.3) is 0 Å². The third kappa shape index (κ3) is 4.25. The molecule has 2 aliphatic carbocycles. The molecule has 0 unspecified atom stereocenters. The Hall–Kier alpha value is -2.36. The highest BCUT2D eigenvalue weighted by Crippen LogP contribution is 2.62. The van der Waals surface area contributed by atoms with E-state index >= 15 is 4.39 Å². The Morgan fingerprint density at radius 3 is 2.71 bits per heavy atom. The summed E-state index contributed by atoms with van der Waals surface area (Å²) in [6.45, 7) is 0. The molecular weight excluding hydrogens is 497 g/mol. The second-order valence-electron chi connectivity index (χ2n) is 8.99. The van der Waals surface area contributed by atoms with E-state index in [2.05, 4.69) is 15.3 Å². The lowest BCUT2D eigenvalue weighted by Gasteiger charge is -2.21. The van der Waals surface area contributed by atoms with Gasteiger partial charge in [0, 0.05) is 23.3 Å². The van der Waals surface area contributed by atoms with Gasteiger partial charge in [-0.25, -0.2) is 17.8 Å². The summed E-state index contributed by atoms with van der Waals surface area (Å²) in [4.78, 5) is 21.2. The van der Waals surface area contributed by atoms with Gasteiger partial charge in [0.15, 0.2) is 15.0 Å². The predicted octanol–water partition coefficient (Wildman–Crippen LogP) is 5.39. The van der Waals surface area contributed by atoms with Crippen LogP contribution >= 0.6 is 22.9 Å². The van der Waals surface area contributed by atoms with E-state index in [9.17, 15) is 13.2 Å². The molecule has 1 aromatic carbocycles.